The van der Waals surface area contributed by atoms with Crippen LogP contribution in [0.4, 0.5) is 0 Å². The van der Waals surface area contributed by atoms with Gasteiger partial charge in [-0.05, 0) is 51.1 Å². The van der Waals surface area contributed by atoms with E-state index in [1.54, 1.807) is 8.61 Å². The summed E-state index contributed by atoms with van der Waals surface area (Å²) < 4.78 is 28.9. The minimum atomic E-state index is -3.27. The molecule has 0 radical (unpaired) electrons. The molecule has 1 saturated heterocycles. The molecule has 0 amide bonds. The molecule has 0 saturated carbocycles. The monoisotopic (exact) mass is 319 g/mol. The molecule has 0 aromatic heterocycles. The third-order valence-electron chi connectivity index (χ3n) is 3.94. The van der Waals surface area contributed by atoms with Crippen molar-refractivity contribution in [2.75, 3.05) is 39.3 Å². The summed E-state index contributed by atoms with van der Waals surface area (Å²) in [4.78, 5) is 0. The molecule has 0 spiro atoms. The lowest BCUT2D eigenvalue weighted by Crippen LogP contribution is -2.49. The highest BCUT2D eigenvalue weighted by atomic mass is 32.2. The summed E-state index contributed by atoms with van der Waals surface area (Å²) in [5, 5.41) is 3.42. The Morgan fingerprint density at radius 2 is 1.81 bits per heavy atom. The zero-order valence-corrected chi connectivity index (χ0v) is 14.8. The van der Waals surface area contributed by atoms with Crippen LogP contribution in [0.25, 0.3) is 0 Å². The molecule has 5 nitrogen and oxygen atoms in total. The van der Waals surface area contributed by atoms with Crippen LogP contribution in [-0.2, 0) is 10.2 Å². The van der Waals surface area contributed by atoms with Gasteiger partial charge in [-0.25, -0.2) is 0 Å². The Morgan fingerprint density at radius 1 is 1.14 bits per heavy atom. The minimum absolute atomic E-state index is 0.449. The quantitative estimate of drug-likeness (QED) is 0.627. The van der Waals surface area contributed by atoms with E-state index in [4.69, 9.17) is 0 Å². The Bertz CT molecular complexity index is 367. The molecule has 1 aliphatic heterocycles. The molecule has 0 aromatic rings. The summed E-state index contributed by atoms with van der Waals surface area (Å²) in [6.45, 7) is 10.8. The van der Waals surface area contributed by atoms with Crippen LogP contribution in [0.15, 0.2) is 0 Å². The van der Waals surface area contributed by atoms with E-state index < -0.39 is 10.2 Å². The van der Waals surface area contributed by atoms with Gasteiger partial charge in [-0.2, -0.15) is 17.0 Å². The third kappa shape index (κ3) is 5.85. The van der Waals surface area contributed by atoms with Crippen molar-refractivity contribution in [1.29, 1.82) is 0 Å². The first kappa shape index (κ1) is 18.9. The van der Waals surface area contributed by atoms with Gasteiger partial charge in [0.25, 0.3) is 10.2 Å². The topological polar surface area (TPSA) is 52.7 Å². The maximum Gasteiger partial charge on any atom is 0.281 e. The van der Waals surface area contributed by atoms with E-state index in [2.05, 4.69) is 12.2 Å². The number of nitrogens with one attached hydrogen (secondary N) is 1. The van der Waals surface area contributed by atoms with Crippen LogP contribution in [0.2, 0.25) is 0 Å². The molecule has 21 heavy (non-hydrogen) atoms. The summed E-state index contributed by atoms with van der Waals surface area (Å²) >= 11 is 0. The average molecular weight is 320 g/mol. The molecule has 1 unspecified atom stereocenters. The molecule has 1 aliphatic rings. The zero-order valence-electron chi connectivity index (χ0n) is 14.0. The fraction of sp³-hybridized carbons (Fsp3) is 1.00. The summed E-state index contributed by atoms with van der Waals surface area (Å²) in [6.07, 6.45) is 4.96. The van der Waals surface area contributed by atoms with Crippen molar-refractivity contribution in [3.8, 4) is 0 Å². The van der Waals surface area contributed by atoms with Gasteiger partial charge in [-0.3, -0.25) is 0 Å². The van der Waals surface area contributed by atoms with Gasteiger partial charge in [-0.15, -0.1) is 0 Å². The number of hydrogen-bond donors (Lipinski definition) is 1. The molecule has 1 heterocycles. The minimum Gasteiger partial charge on any atom is -0.316 e. The Morgan fingerprint density at radius 3 is 2.38 bits per heavy atom. The van der Waals surface area contributed by atoms with E-state index in [1.807, 2.05) is 13.8 Å². The highest BCUT2D eigenvalue weighted by molar-refractivity contribution is 7.86. The van der Waals surface area contributed by atoms with Crippen LogP contribution in [0.1, 0.15) is 52.9 Å². The van der Waals surface area contributed by atoms with E-state index in [-0.39, 0.29) is 0 Å². The van der Waals surface area contributed by atoms with E-state index in [9.17, 15) is 8.42 Å². The number of hydrogen-bond acceptors (Lipinski definition) is 3. The highest BCUT2D eigenvalue weighted by Crippen LogP contribution is 2.21. The first-order valence-electron chi connectivity index (χ1n) is 8.52. The van der Waals surface area contributed by atoms with E-state index in [0.29, 0.717) is 32.1 Å². The summed E-state index contributed by atoms with van der Waals surface area (Å²) in [5.41, 5.74) is 0. The smallest absolute Gasteiger partial charge is 0.281 e. The SMILES string of the molecule is CCCNCC1CCCN(S(=O)(=O)N(CCC)CCC)C1. The normalized spacial score (nSPS) is 21.0. The van der Waals surface area contributed by atoms with Crippen molar-refractivity contribution < 1.29 is 8.42 Å². The molecule has 0 bridgehead atoms. The second-order valence-electron chi connectivity index (χ2n) is 5.98. The molecule has 6 heteroatoms. The van der Waals surface area contributed by atoms with Crippen molar-refractivity contribution >= 4 is 10.2 Å². The van der Waals surface area contributed by atoms with E-state index in [1.165, 1.54) is 0 Å². The largest absolute Gasteiger partial charge is 0.316 e. The van der Waals surface area contributed by atoms with Crippen LogP contribution in [0.3, 0.4) is 0 Å². The predicted molar refractivity (Wildman–Crippen MR) is 88.5 cm³/mol. The molecule has 1 atom stereocenters. The molecule has 1 N–H and O–H groups in total. The molecule has 1 fully saturated rings. The first-order chi connectivity index (χ1) is 10.1. The van der Waals surface area contributed by atoms with Gasteiger partial charge in [-0.1, -0.05) is 20.8 Å². The lowest BCUT2D eigenvalue weighted by molar-refractivity contribution is 0.241. The van der Waals surface area contributed by atoms with E-state index in [0.717, 1.165) is 45.2 Å². The first-order valence-corrected chi connectivity index (χ1v) is 9.91. The molecule has 1 rings (SSSR count). The second kappa shape index (κ2) is 9.77. The molecule has 0 aromatic carbocycles. The molecule has 0 aliphatic carbocycles. The van der Waals surface area contributed by atoms with Crippen LogP contribution >= 0.6 is 0 Å². The van der Waals surface area contributed by atoms with Gasteiger partial charge < -0.3 is 5.32 Å². The molecule has 126 valence electrons. The van der Waals surface area contributed by atoms with Crippen molar-refractivity contribution in [2.24, 2.45) is 5.92 Å². The zero-order chi connectivity index (χ0) is 15.7. The fourth-order valence-corrected chi connectivity index (χ4v) is 4.80. The van der Waals surface area contributed by atoms with Gasteiger partial charge in [0.05, 0.1) is 0 Å². The van der Waals surface area contributed by atoms with Gasteiger partial charge in [0.2, 0.25) is 0 Å². The number of nitrogens with zero attached hydrogens (tertiary/aromatic N) is 2. The number of rotatable bonds is 10. The standard InChI is InChI=1S/C15H33N3O2S/c1-4-9-16-13-15-8-7-12-18(14-15)21(19,20)17(10-5-2)11-6-3/h15-16H,4-14H2,1-3H3. The fourth-order valence-electron chi connectivity index (χ4n) is 2.89. The maximum atomic E-state index is 12.8. The Balaban J connectivity index is 2.63. The van der Waals surface area contributed by atoms with Gasteiger partial charge in [0, 0.05) is 26.2 Å². The van der Waals surface area contributed by atoms with Crippen LogP contribution in [-0.4, -0.2) is 56.3 Å². The summed E-state index contributed by atoms with van der Waals surface area (Å²) in [6, 6.07) is 0. The molecular weight excluding hydrogens is 286 g/mol. The summed E-state index contributed by atoms with van der Waals surface area (Å²) in [5.74, 6) is 0.449. The van der Waals surface area contributed by atoms with E-state index >= 15 is 0 Å². The lowest BCUT2D eigenvalue weighted by atomic mass is 10.00. The van der Waals surface area contributed by atoms with Crippen LogP contribution in [0, 0.1) is 5.92 Å². The van der Waals surface area contributed by atoms with Gasteiger partial charge in [0.1, 0.15) is 0 Å². The maximum absolute atomic E-state index is 12.8. The van der Waals surface area contributed by atoms with Crippen LogP contribution in [0.5, 0.6) is 0 Å². The molecular formula is C15H33N3O2S. The summed E-state index contributed by atoms with van der Waals surface area (Å²) in [7, 11) is -3.27. The average Bonchev–Trinajstić information content (AvgIpc) is 2.47. The van der Waals surface area contributed by atoms with Crippen molar-refractivity contribution in [1.82, 2.24) is 13.9 Å². The van der Waals surface area contributed by atoms with Crippen molar-refractivity contribution in [3.63, 3.8) is 0 Å². The van der Waals surface area contributed by atoms with Gasteiger partial charge >= 0.3 is 0 Å². The Hall–Kier alpha value is -0.170. The highest BCUT2D eigenvalue weighted by Gasteiger charge is 2.32. The second-order valence-corrected chi connectivity index (χ2v) is 7.91. The third-order valence-corrected chi connectivity index (χ3v) is 5.94. The van der Waals surface area contributed by atoms with Gasteiger partial charge in [0.15, 0.2) is 0 Å². The lowest BCUT2D eigenvalue weighted by Gasteiger charge is -2.35. The Labute approximate surface area is 131 Å². The Kier molecular flexibility index (Phi) is 8.78. The van der Waals surface area contributed by atoms with Crippen LogP contribution < -0.4 is 5.32 Å². The number of piperidine rings is 1. The van der Waals surface area contributed by atoms with Crippen molar-refractivity contribution in [3.05, 3.63) is 0 Å². The van der Waals surface area contributed by atoms with Crippen molar-refractivity contribution in [2.45, 2.75) is 52.9 Å². The predicted octanol–water partition coefficient (Wildman–Crippen LogP) is 2.06.